The maximum atomic E-state index is 14.6. The van der Waals surface area contributed by atoms with E-state index in [0.29, 0.717) is 11.4 Å². The number of aromatic nitrogens is 4. The van der Waals surface area contributed by atoms with Gasteiger partial charge in [-0.2, -0.15) is 4.31 Å². The number of pyridine rings is 1. The Kier molecular flexibility index (Phi) is 5.66. The predicted octanol–water partition coefficient (Wildman–Crippen LogP) is 3.01. The quantitative estimate of drug-likeness (QED) is 0.638. The monoisotopic (exact) mass is 464 g/mol. The number of nitrogens with one attached hydrogen (secondary N) is 1. The van der Waals surface area contributed by atoms with Crippen molar-refractivity contribution in [1.29, 1.82) is 0 Å². The standard InChI is InChI=1S/C21H26F2N6O2S/c1-21(2,3)13-5-6-17(24-10-13)18-9-14(22)19-11-25-20(27-29(18)19)26-16-7-8-28(12-15(16)23)32(4,30)31/h5-6,9-11,15-16H,7-8,12H2,1-4H3,(H,26,27)/t15-,16-/m1/s1. The normalized spacial score (nSPS) is 20.6. The molecule has 0 aromatic carbocycles. The molecule has 0 spiro atoms. The summed E-state index contributed by atoms with van der Waals surface area (Å²) in [5.41, 5.74) is 2.16. The maximum Gasteiger partial charge on any atom is 0.241 e. The van der Waals surface area contributed by atoms with Crippen LogP contribution in [0.3, 0.4) is 0 Å². The molecule has 11 heteroatoms. The molecule has 1 aliphatic rings. The molecule has 0 saturated carbocycles. The first-order valence-electron chi connectivity index (χ1n) is 10.3. The van der Waals surface area contributed by atoms with Gasteiger partial charge in [-0.3, -0.25) is 4.98 Å². The molecule has 1 fully saturated rings. The van der Waals surface area contributed by atoms with E-state index in [4.69, 9.17) is 0 Å². The van der Waals surface area contributed by atoms with Crippen molar-refractivity contribution in [3.63, 3.8) is 0 Å². The molecule has 4 heterocycles. The number of rotatable bonds is 4. The first-order chi connectivity index (χ1) is 14.9. The van der Waals surface area contributed by atoms with E-state index in [1.165, 1.54) is 16.8 Å². The molecule has 0 unspecified atom stereocenters. The first kappa shape index (κ1) is 22.5. The van der Waals surface area contributed by atoms with Crippen LogP contribution in [0.2, 0.25) is 0 Å². The van der Waals surface area contributed by atoms with Gasteiger partial charge in [0.15, 0.2) is 5.82 Å². The van der Waals surface area contributed by atoms with Gasteiger partial charge in [-0.1, -0.05) is 26.8 Å². The summed E-state index contributed by atoms with van der Waals surface area (Å²) in [6.45, 7) is 6.22. The van der Waals surface area contributed by atoms with Crippen molar-refractivity contribution in [2.24, 2.45) is 0 Å². The van der Waals surface area contributed by atoms with E-state index in [-0.39, 0.29) is 36.4 Å². The number of nitrogens with zero attached hydrogens (tertiary/aromatic N) is 5. The summed E-state index contributed by atoms with van der Waals surface area (Å²) in [5.74, 6) is -0.362. The minimum absolute atomic E-state index is 0.0626. The first-order valence-corrected chi connectivity index (χ1v) is 12.2. The number of alkyl halides is 1. The predicted molar refractivity (Wildman–Crippen MR) is 118 cm³/mol. The lowest BCUT2D eigenvalue weighted by Crippen LogP contribution is -2.49. The number of hydrogen-bond acceptors (Lipinski definition) is 6. The van der Waals surface area contributed by atoms with Crippen LogP contribution in [0.1, 0.15) is 32.8 Å². The minimum atomic E-state index is -3.45. The largest absolute Gasteiger partial charge is 0.347 e. The van der Waals surface area contributed by atoms with E-state index in [0.717, 1.165) is 16.1 Å². The highest BCUT2D eigenvalue weighted by atomic mass is 32.2. The second-order valence-electron chi connectivity index (χ2n) is 9.11. The Labute approximate surface area is 185 Å². The van der Waals surface area contributed by atoms with Gasteiger partial charge in [0.25, 0.3) is 0 Å². The van der Waals surface area contributed by atoms with Crippen LogP contribution < -0.4 is 5.32 Å². The lowest BCUT2D eigenvalue weighted by molar-refractivity contribution is 0.186. The third kappa shape index (κ3) is 4.44. The van der Waals surface area contributed by atoms with Crippen molar-refractivity contribution in [3.05, 3.63) is 42.0 Å². The molecule has 0 bridgehead atoms. The fraction of sp³-hybridized carbons (Fsp3) is 0.476. The van der Waals surface area contributed by atoms with Gasteiger partial charge in [0.1, 0.15) is 11.7 Å². The second kappa shape index (κ2) is 8.04. The molecule has 172 valence electrons. The van der Waals surface area contributed by atoms with Gasteiger partial charge in [0, 0.05) is 25.4 Å². The van der Waals surface area contributed by atoms with Gasteiger partial charge >= 0.3 is 0 Å². The van der Waals surface area contributed by atoms with E-state index < -0.39 is 28.1 Å². The average Bonchev–Trinajstić information content (AvgIpc) is 3.04. The Bertz CT molecular complexity index is 1240. The van der Waals surface area contributed by atoms with Crippen molar-refractivity contribution in [2.45, 2.75) is 44.8 Å². The van der Waals surface area contributed by atoms with Crippen LogP contribution in [0.5, 0.6) is 0 Å². The van der Waals surface area contributed by atoms with Crippen molar-refractivity contribution < 1.29 is 17.2 Å². The van der Waals surface area contributed by atoms with Crippen molar-refractivity contribution in [3.8, 4) is 11.4 Å². The number of anilines is 1. The molecule has 2 atom stereocenters. The van der Waals surface area contributed by atoms with Gasteiger partial charge in [0.2, 0.25) is 16.0 Å². The average molecular weight is 465 g/mol. The Balaban J connectivity index is 1.61. The summed E-state index contributed by atoms with van der Waals surface area (Å²) >= 11 is 0. The van der Waals surface area contributed by atoms with E-state index in [1.807, 2.05) is 12.1 Å². The van der Waals surface area contributed by atoms with Crippen molar-refractivity contribution in [2.75, 3.05) is 24.7 Å². The Morgan fingerprint density at radius 2 is 1.94 bits per heavy atom. The van der Waals surface area contributed by atoms with E-state index in [1.54, 1.807) is 6.20 Å². The zero-order valence-electron chi connectivity index (χ0n) is 18.4. The van der Waals surface area contributed by atoms with Gasteiger partial charge in [-0.15, -0.1) is 5.10 Å². The molecule has 0 amide bonds. The van der Waals surface area contributed by atoms with Crippen LogP contribution in [0.25, 0.3) is 16.9 Å². The van der Waals surface area contributed by atoms with E-state index in [9.17, 15) is 17.2 Å². The highest BCUT2D eigenvalue weighted by Crippen LogP contribution is 2.27. The van der Waals surface area contributed by atoms with Gasteiger partial charge in [0.05, 0.1) is 29.9 Å². The molecule has 1 saturated heterocycles. The van der Waals surface area contributed by atoms with Crippen LogP contribution in [0.4, 0.5) is 14.7 Å². The minimum Gasteiger partial charge on any atom is -0.347 e. The molecular weight excluding hydrogens is 438 g/mol. The molecule has 32 heavy (non-hydrogen) atoms. The lowest BCUT2D eigenvalue weighted by atomic mass is 9.88. The number of halogens is 2. The van der Waals surface area contributed by atoms with Crippen LogP contribution in [0.15, 0.2) is 30.6 Å². The smallest absolute Gasteiger partial charge is 0.241 e. The number of piperidine rings is 1. The zero-order valence-corrected chi connectivity index (χ0v) is 19.2. The fourth-order valence-corrected chi connectivity index (χ4v) is 4.55. The summed E-state index contributed by atoms with van der Waals surface area (Å²) < 4.78 is 54.9. The van der Waals surface area contributed by atoms with E-state index >= 15 is 0 Å². The number of hydrogen-bond donors (Lipinski definition) is 1. The summed E-state index contributed by atoms with van der Waals surface area (Å²) in [7, 11) is -3.45. The van der Waals surface area contributed by atoms with Crippen molar-refractivity contribution >= 4 is 21.5 Å². The summed E-state index contributed by atoms with van der Waals surface area (Å²) in [6, 6.07) is 4.45. The highest BCUT2D eigenvalue weighted by Gasteiger charge is 2.33. The Morgan fingerprint density at radius 3 is 2.53 bits per heavy atom. The third-order valence-corrected chi connectivity index (χ3v) is 6.92. The number of fused-ring (bicyclic) bond motifs is 1. The van der Waals surface area contributed by atoms with Crippen molar-refractivity contribution in [1.82, 2.24) is 23.9 Å². The molecular formula is C21H26F2N6O2S. The fourth-order valence-electron chi connectivity index (χ4n) is 3.70. The SMILES string of the molecule is CC(C)(C)c1ccc(-c2cc(F)c3cnc(N[C@@H]4CCN(S(C)(=O)=O)C[C@H]4F)nn23)nc1. The maximum absolute atomic E-state index is 14.6. The molecule has 0 aliphatic carbocycles. The topological polar surface area (TPSA) is 92.5 Å². The lowest BCUT2D eigenvalue weighted by Gasteiger charge is -2.33. The van der Waals surface area contributed by atoms with E-state index in [2.05, 4.69) is 41.2 Å². The second-order valence-corrected chi connectivity index (χ2v) is 11.1. The molecule has 4 rings (SSSR count). The summed E-state index contributed by atoms with van der Waals surface area (Å²) in [4.78, 5) is 8.59. The van der Waals surface area contributed by atoms with Gasteiger partial charge in [-0.25, -0.2) is 26.7 Å². The van der Waals surface area contributed by atoms with Gasteiger partial charge < -0.3 is 5.32 Å². The zero-order chi connectivity index (χ0) is 23.3. The Morgan fingerprint density at radius 1 is 1.19 bits per heavy atom. The molecule has 3 aromatic heterocycles. The molecule has 3 aromatic rings. The van der Waals surface area contributed by atoms with Crippen LogP contribution >= 0.6 is 0 Å². The van der Waals surface area contributed by atoms with Crippen LogP contribution in [-0.2, 0) is 15.4 Å². The Hall–Kier alpha value is -2.66. The molecule has 8 nitrogen and oxygen atoms in total. The molecule has 0 radical (unpaired) electrons. The third-order valence-electron chi connectivity index (χ3n) is 5.65. The molecule has 1 N–H and O–H groups in total. The van der Waals surface area contributed by atoms with Crippen LogP contribution in [-0.4, -0.2) is 63.9 Å². The van der Waals surface area contributed by atoms with Gasteiger partial charge in [-0.05, 0) is 23.5 Å². The summed E-state index contributed by atoms with van der Waals surface area (Å²) in [6.07, 6.45) is 2.99. The molecule has 1 aliphatic heterocycles. The highest BCUT2D eigenvalue weighted by molar-refractivity contribution is 7.88. The summed E-state index contributed by atoms with van der Waals surface area (Å²) in [5, 5.41) is 7.29. The van der Waals surface area contributed by atoms with Crippen LogP contribution in [0, 0.1) is 5.82 Å². The number of sulfonamides is 1.